The second kappa shape index (κ2) is 8.90. The van der Waals surface area contributed by atoms with Crippen LogP contribution in [0.5, 0.6) is 5.75 Å². The summed E-state index contributed by atoms with van der Waals surface area (Å²) in [4.78, 5) is 30.2. The van der Waals surface area contributed by atoms with E-state index in [9.17, 15) is 9.59 Å². The summed E-state index contributed by atoms with van der Waals surface area (Å²) in [5.74, 6) is 0.901. The second-order valence-corrected chi connectivity index (χ2v) is 7.51. The maximum atomic E-state index is 12.8. The molecule has 2 N–H and O–H groups in total. The van der Waals surface area contributed by atoms with E-state index in [1.165, 1.54) is 0 Å². The first-order valence-electron chi connectivity index (χ1n) is 9.86. The van der Waals surface area contributed by atoms with Crippen LogP contribution in [0.15, 0.2) is 48.2 Å². The summed E-state index contributed by atoms with van der Waals surface area (Å²) in [5, 5.41) is 2.95. The molecule has 152 valence electrons. The van der Waals surface area contributed by atoms with E-state index in [1.807, 2.05) is 37.4 Å². The highest BCUT2D eigenvalue weighted by Crippen LogP contribution is 2.36. The highest BCUT2D eigenvalue weighted by atomic mass is 16.5. The Balaban J connectivity index is 2.03. The van der Waals surface area contributed by atoms with Gasteiger partial charge in [-0.2, -0.15) is 0 Å². The number of hydrogen-bond donors (Lipinski definition) is 2. The first-order chi connectivity index (χ1) is 14.0. The lowest BCUT2D eigenvalue weighted by Gasteiger charge is -2.27. The van der Waals surface area contributed by atoms with E-state index in [0.29, 0.717) is 30.3 Å². The van der Waals surface area contributed by atoms with E-state index in [1.54, 1.807) is 30.4 Å². The maximum Gasteiger partial charge on any atom is 0.300 e. The van der Waals surface area contributed by atoms with Crippen LogP contribution in [0.2, 0.25) is 0 Å². The molecule has 0 bridgehead atoms. The van der Waals surface area contributed by atoms with Crippen molar-refractivity contribution in [2.45, 2.75) is 26.8 Å². The minimum atomic E-state index is -0.427. The summed E-state index contributed by atoms with van der Waals surface area (Å²) >= 11 is 0. The molecule has 1 aromatic carbocycles. The lowest BCUT2D eigenvalue weighted by Crippen LogP contribution is -2.79. The van der Waals surface area contributed by atoms with Crippen molar-refractivity contribution in [1.29, 1.82) is 0 Å². The summed E-state index contributed by atoms with van der Waals surface area (Å²) in [6.45, 7) is 7.13. The highest BCUT2D eigenvalue weighted by Gasteiger charge is 2.40. The fraction of sp³-hybridized carbons (Fsp3) is 0.348. The molecule has 2 amide bonds. The van der Waals surface area contributed by atoms with E-state index in [2.05, 4.69) is 24.2 Å². The van der Waals surface area contributed by atoms with Crippen LogP contribution in [-0.2, 0) is 4.79 Å². The molecule has 2 aliphatic rings. The van der Waals surface area contributed by atoms with Crippen LogP contribution in [0.3, 0.4) is 0 Å². The first kappa shape index (κ1) is 20.6. The van der Waals surface area contributed by atoms with Gasteiger partial charge in [0.05, 0.1) is 7.11 Å². The number of amides is 2. The highest BCUT2D eigenvalue weighted by molar-refractivity contribution is 6.03. The number of nitrogens with zero attached hydrogens (tertiary/aromatic N) is 1. The van der Waals surface area contributed by atoms with Gasteiger partial charge in [0.25, 0.3) is 17.9 Å². The molecule has 1 aromatic rings. The Hall–Kier alpha value is -3.15. The molecule has 6 nitrogen and oxygen atoms in total. The molecule has 0 fully saturated rings. The van der Waals surface area contributed by atoms with Crippen molar-refractivity contribution in [3.05, 3.63) is 59.3 Å². The molecule has 2 aliphatic heterocycles. The molecule has 3 rings (SSSR count). The molecule has 0 saturated heterocycles. The van der Waals surface area contributed by atoms with Crippen LogP contribution in [0, 0.1) is 5.92 Å². The Morgan fingerprint density at radius 2 is 2.17 bits per heavy atom. The monoisotopic (exact) mass is 394 g/mol. The molecule has 29 heavy (non-hydrogen) atoms. The standard InChI is InChI=1S/C23H27N3O3/c1-5-6-11-26-14-19(17-9-10-24-21(17)23(26)28)18-12-16(7-8-20(18)29-4)22(27)25-13-15(2)3/h5-10,12,14-15,21H,11,13H2,1-4H3,(H,25,27)/p+1/b6-5+. The Morgan fingerprint density at radius 1 is 1.38 bits per heavy atom. The number of hydrogen-bond acceptors (Lipinski definition) is 3. The lowest BCUT2D eigenvalue weighted by atomic mass is 9.89. The molecule has 1 atom stereocenters. The van der Waals surface area contributed by atoms with Crippen LogP contribution < -0.4 is 15.0 Å². The van der Waals surface area contributed by atoms with Gasteiger partial charge < -0.3 is 15.0 Å². The number of nitrogens with one attached hydrogen (secondary N) is 2. The molecule has 0 spiro atoms. The Morgan fingerprint density at radius 3 is 2.86 bits per heavy atom. The molecule has 2 heterocycles. The van der Waals surface area contributed by atoms with E-state index in [4.69, 9.17) is 4.74 Å². The average Bonchev–Trinajstić information content (AvgIpc) is 3.21. The van der Waals surface area contributed by atoms with Crippen LogP contribution in [0.4, 0.5) is 0 Å². The molecule has 0 aliphatic carbocycles. The van der Waals surface area contributed by atoms with Crippen molar-refractivity contribution in [1.82, 2.24) is 10.2 Å². The summed E-state index contributed by atoms with van der Waals surface area (Å²) in [6, 6.07) is 4.97. The lowest BCUT2D eigenvalue weighted by molar-refractivity contribution is -0.467. The van der Waals surface area contributed by atoms with Gasteiger partial charge in [0.2, 0.25) is 0 Å². The molecule has 0 saturated carbocycles. The molecular weight excluding hydrogens is 366 g/mol. The van der Waals surface area contributed by atoms with E-state index < -0.39 is 6.04 Å². The molecule has 1 unspecified atom stereocenters. The number of allylic oxidation sites excluding steroid dienone is 2. The van der Waals surface area contributed by atoms with Gasteiger partial charge in [-0.3, -0.25) is 9.59 Å². The van der Waals surface area contributed by atoms with Gasteiger partial charge in [-0.25, -0.2) is 4.99 Å². The average molecular weight is 394 g/mol. The van der Waals surface area contributed by atoms with Crippen molar-refractivity contribution in [2.75, 3.05) is 20.2 Å². The minimum Gasteiger partial charge on any atom is -0.496 e. The van der Waals surface area contributed by atoms with Gasteiger partial charge >= 0.3 is 0 Å². The predicted octanol–water partition coefficient (Wildman–Crippen LogP) is 1.30. The van der Waals surface area contributed by atoms with Gasteiger partial charge in [-0.1, -0.05) is 26.0 Å². The first-order valence-corrected chi connectivity index (χ1v) is 9.86. The number of ether oxygens (including phenoxy) is 1. The van der Waals surface area contributed by atoms with Crippen molar-refractivity contribution in [2.24, 2.45) is 5.92 Å². The minimum absolute atomic E-state index is 0.00310. The second-order valence-electron chi connectivity index (χ2n) is 7.51. The number of carbonyl (C=O) groups is 2. The third-order valence-corrected chi connectivity index (χ3v) is 4.92. The van der Waals surface area contributed by atoms with Gasteiger partial charge in [-0.05, 0) is 31.0 Å². The fourth-order valence-electron chi connectivity index (χ4n) is 3.37. The Labute approximate surface area is 171 Å². The predicted molar refractivity (Wildman–Crippen MR) is 114 cm³/mol. The maximum absolute atomic E-state index is 12.8. The number of rotatable bonds is 7. The largest absolute Gasteiger partial charge is 0.496 e. The topological polar surface area (TPSA) is 72.6 Å². The van der Waals surface area contributed by atoms with Crippen LogP contribution in [-0.4, -0.2) is 49.2 Å². The van der Waals surface area contributed by atoms with Crippen molar-refractivity contribution >= 4 is 23.6 Å². The zero-order chi connectivity index (χ0) is 21.0. The molecule has 0 radical (unpaired) electrons. The summed E-state index contributed by atoms with van der Waals surface area (Å²) in [7, 11) is 1.61. The van der Waals surface area contributed by atoms with Crippen molar-refractivity contribution < 1.29 is 19.3 Å². The smallest absolute Gasteiger partial charge is 0.300 e. The zero-order valence-electron chi connectivity index (χ0n) is 17.4. The fourth-order valence-corrected chi connectivity index (χ4v) is 3.37. The van der Waals surface area contributed by atoms with Gasteiger partial charge in [-0.15, -0.1) is 0 Å². The van der Waals surface area contributed by atoms with Crippen LogP contribution in [0.1, 0.15) is 36.7 Å². The van der Waals surface area contributed by atoms with Crippen molar-refractivity contribution in [3.63, 3.8) is 0 Å². The van der Waals surface area contributed by atoms with Crippen molar-refractivity contribution in [3.8, 4) is 5.75 Å². The Kier molecular flexibility index (Phi) is 6.32. The van der Waals surface area contributed by atoms with Gasteiger partial charge in [0, 0.05) is 47.6 Å². The SMILES string of the molecule is C/C=C/CN1C=C(c2cc(C(=O)NCC(C)C)ccc2OC)C2=CC=[NH+]C2C1=O. The van der Waals surface area contributed by atoms with E-state index in [0.717, 1.165) is 16.7 Å². The summed E-state index contributed by atoms with van der Waals surface area (Å²) in [5.41, 5.74) is 3.10. The Bertz CT molecular complexity index is 925. The third kappa shape index (κ3) is 4.31. The zero-order valence-corrected chi connectivity index (χ0v) is 17.4. The van der Waals surface area contributed by atoms with E-state index in [-0.39, 0.29) is 11.8 Å². The van der Waals surface area contributed by atoms with Crippen LogP contribution >= 0.6 is 0 Å². The quantitative estimate of drug-likeness (QED) is 0.685. The number of methoxy groups -OCH3 is 1. The number of fused-ring (bicyclic) bond motifs is 1. The third-order valence-electron chi connectivity index (χ3n) is 4.92. The normalized spacial score (nSPS) is 18.2. The van der Waals surface area contributed by atoms with Gasteiger partial charge in [0.1, 0.15) is 5.75 Å². The molecular formula is C23H28N3O3+. The van der Waals surface area contributed by atoms with E-state index >= 15 is 0 Å². The number of carbonyl (C=O) groups excluding carboxylic acids is 2. The molecule has 0 aromatic heterocycles. The summed E-state index contributed by atoms with van der Waals surface area (Å²) < 4.78 is 5.58. The summed E-state index contributed by atoms with van der Waals surface area (Å²) in [6.07, 6.45) is 9.40. The van der Waals surface area contributed by atoms with Crippen LogP contribution in [0.25, 0.3) is 5.57 Å². The molecule has 6 heteroatoms. The van der Waals surface area contributed by atoms with Gasteiger partial charge in [0.15, 0.2) is 6.21 Å². The number of benzene rings is 1.